The van der Waals surface area contributed by atoms with Crippen LogP contribution in [0.15, 0.2) is 18.2 Å². The molecule has 0 saturated carbocycles. The third kappa shape index (κ3) is 3.03. The Bertz CT molecular complexity index is 417. The molecular formula is C16H25NO2. The Labute approximate surface area is 116 Å². The van der Waals surface area contributed by atoms with Crippen molar-refractivity contribution in [3.05, 3.63) is 23.8 Å². The van der Waals surface area contributed by atoms with Gasteiger partial charge in [0.05, 0.1) is 14.2 Å². The smallest absolute Gasteiger partial charge is 0.164 e. The third-order valence-electron chi connectivity index (χ3n) is 3.91. The topological polar surface area (TPSA) is 30.5 Å². The van der Waals surface area contributed by atoms with Crippen molar-refractivity contribution in [3.63, 3.8) is 0 Å². The van der Waals surface area contributed by atoms with Crippen molar-refractivity contribution in [2.45, 2.75) is 38.6 Å². The number of benzene rings is 1. The average Bonchev–Trinajstić information content (AvgIpc) is 2.84. The average molecular weight is 263 g/mol. The van der Waals surface area contributed by atoms with Crippen LogP contribution in [-0.2, 0) is 0 Å². The van der Waals surface area contributed by atoms with E-state index < -0.39 is 0 Å². The highest BCUT2D eigenvalue weighted by Gasteiger charge is 2.31. The Balaban J connectivity index is 2.29. The second kappa shape index (κ2) is 6.29. The number of rotatable bonds is 5. The molecule has 1 saturated heterocycles. The number of hydrogen-bond donors (Lipinski definition) is 1. The fourth-order valence-corrected chi connectivity index (χ4v) is 3.10. The van der Waals surface area contributed by atoms with E-state index in [-0.39, 0.29) is 0 Å². The van der Waals surface area contributed by atoms with Gasteiger partial charge in [-0.1, -0.05) is 26.0 Å². The van der Waals surface area contributed by atoms with Crippen LogP contribution in [0.25, 0.3) is 0 Å². The van der Waals surface area contributed by atoms with Crippen molar-refractivity contribution >= 4 is 0 Å². The van der Waals surface area contributed by atoms with E-state index in [0.29, 0.717) is 17.9 Å². The van der Waals surface area contributed by atoms with Gasteiger partial charge in [0.25, 0.3) is 0 Å². The highest BCUT2D eigenvalue weighted by molar-refractivity contribution is 5.49. The molecule has 0 amide bonds. The van der Waals surface area contributed by atoms with Crippen molar-refractivity contribution in [1.29, 1.82) is 0 Å². The molecule has 3 nitrogen and oxygen atoms in total. The Kier molecular flexibility index (Phi) is 4.70. The lowest BCUT2D eigenvalue weighted by atomic mass is 9.87. The molecule has 2 atom stereocenters. The molecule has 19 heavy (non-hydrogen) atoms. The summed E-state index contributed by atoms with van der Waals surface area (Å²) >= 11 is 0. The molecule has 0 spiro atoms. The zero-order valence-electron chi connectivity index (χ0n) is 12.4. The minimum atomic E-state index is 0.521. The Morgan fingerprint density at radius 3 is 2.68 bits per heavy atom. The van der Waals surface area contributed by atoms with E-state index in [1.165, 1.54) is 18.4 Å². The molecule has 0 aromatic heterocycles. The number of nitrogens with one attached hydrogen (secondary N) is 1. The molecule has 0 aliphatic carbocycles. The second-order valence-electron chi connectivity index (χ2n) is 5.67. The molecule has 3 heteroatoms. The van der Waals surface area contributed by atoms with Gasteiger partial charge >= 0.3 is 0 Å². The van der Waals surface area contributed by atoms with Crippen LogP contribution in [0, 0.1) is 5.92 Å². The van der Waals surface area contributed by atoms with Gasteiger partial charge in [0.15, 0.2) is 11.5 Å². The number of methoxy groups -OCH3 is 2. The lowest BCUT2D eigenvalue weighted by Gasteiger charge is -2.24. The number of hydrogen-bond acceptors (Lipinski definition) is 3. The molecule has 1 fully saturated rings. The Hall–Kier alpha value is -1.22. The van der Waals surface area contributed by atoms with Crippen LogP contribution in [0.1, 0.15) is 38.2 Å². The number of ether oxygens (including phenoxy) is 2. The van der Waals surface area contributed by atoms with E-state index in [0.717, 1.165) is 18.0 Å². The molecule has 2 unspecified atom stereocenters. The Morgan fingerprint density at radius 2 is 2.05 bits per heavy atom. The molecule has 1 aliphatic heterocycles. The lowest BCUT2D eigenvalue weighted by molar-refractivity contribution is 0.345. The lowest BCUT2D eigenvalue weighted by Crippen LogP contribution is -2.27. The Morgan fingerprint density at radius 1 is 1.26 bits per heavy atom. The van der Waals surface area contributed by atoms with Crippen LogP contribution in [0.2, 0.25) is 0 Å². The molecule has 106 valence electrons. The highest BCUT2D eigenvalue weighted by Crippen LogP contribution is 2.40. The number of para-hydroxylation sites is 1. The summed E-state index contributed by atoms with van der Waals surface area (Å²) in [5, 5.41) is 3.63. The fourth-order valence-electron chi connectivity index (χ4n) is 3.10. The van der Waals surface area contributed by atoms with Gasteiger partial charge < -0.3 is 14.8 Å². The minimum absolute atomic E-state index is 0.521. The van der Waals surface area contributed by atoms with E-state index in [1.807, 2.05) is 6.07 Å². The SMILES string of the molecule is COc1cccc(C2CCNC2CC(C)C)c1OC. The van der Waals surface area contributed by atoms with Gasteiger partial charge in [-0.25, -0.2) is 0 Å². The first-order chi connectivity index (χ1) is 9.17. The summed E-state index contributed by atoms with van der Waals surface area (Å²) in [6.45, 7) is 5.64. The van der Waals surface area contributed by atoms with E-state index in [2.05, 4.69) is 31.3 Å². The quantitative estimate of drug-likeness (QED) is 0.885. The van der Waals surface area contributed by atoms with E-state index in [1.54, 1.807) is 14.2 Å². The molecule has 0 radical (unpaired) electrons. The monoisotopic (exact) mass is 263 g/mol. The molecule has 1 heterocycles. The predicted octanol–water partition coefficient (Wildman–Crippen LogP) is 3.20. The van der Waals surface area contributed by atoms with Crippen molar-refractivity contribution in [1.82, 2.24) is 5.32 Å². The predicted molar refractivity (Wildman–Crippen MR) is 78.1 cm³/mol. The zero-order valence-corrected chi connectivity index (χ0v) is 12.4. The fraction of sp³-hybridized carbons (Fsp3) is 0.625. The second-order valence-corrected chi connectivity index (χ2v) is 5.67. The van der Waals surface area contributed by atoms with E-state index in [4.69, 9.17) is 9.47 Å². The minimum Gasteiger partial charge on any atom is -0.493 e. The summed E-state index contributed by atoms with van der Waals surface area (Å²) in [7, 11) is 3.42. The van der Waals surface area contributed by atoms with Gasteiger partial charge in [0.1, 0.15) is 0 Å². The van der Waals surface area contributed by atoms with Crippen molar-refractivity contribution in [2.24, 2.45) is 5.92 Å². The molecular weight excluding hydrogens is 238 g/mol. The summed E-state index contributed by atoms with van der Waals surface area (Å²) in [6, 6.07) is 6.73. The van der Waals surface area contributed by atoms with Crippen LogP contribution < -0.4 is 14.8 Å². The molecule has 1 aliphatic rings. The third-order valence-corrected chi connectivity index (χ3v) is 3.91. The van der Waals surface area contributed by atoms with Gasteiger partial charge in [0, 0.05) is 17.5 Å². The van der Waals surface area contributed by atoms with Crippen LogP contribution in [-0.4, -0.2) is 26.8 Å². The molecule has 1 aromatic rings. The van der Waals surface area contributed by atoms with Crippen molar-refractivity contribution < 1.29 is 9.47 Å². The van der Waals surface area contributed by atoms with Gasteiger partial charge in [-0.3, -0.25) is 0 Å². The van der Waals surface area contributed by atoms with Crippen LogP contribution >= 0.6 is 0 Å². The normalized spacial score (nSPS) is 22.8. The maximum Gasteiger partial charge on any atom is 0.164 e. The summed E-state index contributed by atoms with van der Waals surface area (Å²) in [4.78, 5) is 0. The first-order valence-corrected chi connectivity index (χ1v) is 7.11. The standard InChI is InChI=1S/C16H25NO2/c1-11(2)10-14-12(8-9-17-14)13-6-5-7-15(18-3)16(13)19-4/h5-7,11-12,14,17H,8-10H2,1-4H3. The van der Waals surface area contributed by atoms with Crippen molar-refractivity contribution in [2.75, 3.05) is 20.8 Å². The summed E-state index contributed by atoms with van der Waals surface area (Å²) in [5.41, 5.74) is 1.28. The highest BCUT2D eigenvalue weighted by atomic mass is 16.5. The van der Waals surface area contributed by atoms with Crippen LogP contribution in [0.5, 0.6) is 11.5 Å². The molecule has 1 aromatic carbocycles. The summed E-state index contributed by atoms with van der Waals surface area (Å²) in [5.74, 6) is 2.95. The maximum absolute atomic E-state index is 5.58. The summed E-state index contributed by atoms with van der Waals surface area (Å²) < 4.78 is 11.0. The van der Waals surface area contributed by atoms with Crippen LogP contribution in [0.4, 0.5) is 0 Å². The van der Waals surface area contributed by atoms with Gasteiger partial charge in [0.2, 0.25) is 0 Å². The molecule has 2 rings (SSSR count). The summed E-state index contributed by atoms with van der Waals surface area (Å²) in [6.07, 6.45) is 2.37. The van der Waals surface area contributed by atoms with Gasteiger partial charge in [-0.15, -0.1) is 0 Å². The largest absolute Gasteiger partial charge is 0.493 e. The maximum atomic E-state index is 5.58. The molecule has 1 N–H and O–H groups in total. The zero-order chi connectivity index (χ0) is 13.8. The van der Waals surface area contributed by atoms with E-state index in [9.17, 15) is 0 Å². The molecule has 0 bridgehead atoms. The van der Waals surface area contributed by atoms with E-state index >= 15 is 0 Å². The first kappa shape index (κ1) is 14.2. The van der Waals surface area contributed by atoms with Crippen molar-refractivity contribution in [3.8, 4) is 11.5 Å². The van der Waals surface area contributed by atoms with Crippen LogP contribution in [0.3, 0.4) is 0 Å². The first-order valence-electron chi connectivity index (χ1n) is 7.11. The van der Waals surface area contributed by atoms with Gasteiger partial charge in [-0.2, -0.15) is 0 Å². The van der Waals surface area contributed by atoms with Gasteiger partial charge in [-0.05, 0) is 31.4 Å².